The lowest BCUT2D eigenvalue weighted by Crippen LogP contribution is -2.44. The average molecular weight is 1630 g/mol. The van der Waals surface area contributed by atoms with Gasteiger partial charge >= 0.3 is 30.0 Å². The number of esters is 1. The molecule has 33 nitrogen and oxygen atoms in total. The Hall–Kier alpha value is -11.6. The Labute approximate surface area is 638 Å². The molecule has 4 N–H and O–H groups in total. The SMILES string of the molecule is CC(=O)c1nn(CC(=O)N2C[C@H](C)C[C@H]2C(=O)Nc2cncc(Br)n2)c2ccc(Oc3ncc(C)cn3)cc12.CC(=O)c1nn(CC(=O)O)c2ccc(Oc3ncc(C)cn3)cc12.CC(=O)c1nn(CC(=O)OC(C)(C)C)c2ccc(Oc3ncc(C)cn3)cc12.Cl.O=C(Nc1cncc(Br)n1)[C@@H]1C[C@@H](F)CN1. The monoisotopic (exact) mass is 1620 g/mol. The first-order chi connectivity index (χ1) is 50.9. The fraction of sp³-hybridized carbons (Fsp3) is 0.310. The fourth-order valence-electron chi connectivity index (χ4n) is 11.0. The molecule has 2 aliphatic rings. The number of likely N-dealkylation sites (tertiary alicyclic amines) is 1. The fourth-order valence-corrected chi connectivity index (χ4v) is 11.6. The largest absolute Gasteiger partial charge is 0.480 e. The molecule has 3 amide bonds. The van der Waals surface area contributed by atoms with Crippen molar-refractivity contribution in [2.24, 2.45) is 5.92 Å². The highest BCUT2D eigenvalue weighted by Gasteiger charge is 2.39. The number of benzene rings is 3. The number of nitrogens with one attached hydrogen (secondary N) is 3. The van der Waals surface area contributed by atoms with Crippen LogP contribution in [-0.4, -0.2) is 173 Å². The van der Waals surface area contributed by atoms with Crippen LogP contribution in [0.1, 0.15) is 109 Å². The van der Waals surface area contributed by atoms with Crippen LogP contribution in [0.4, 0.5) is 16.0 Å². The first-order valence-corrected chi connectivity index (χ1v) is 34.6. The Bertz CT molecular complexity index is 5160. The highest BCUT2D eigenvalue weighted by Crippen LogP contribution is 2.32. The van der Waals surface area contributed by atoms with Crippen molar-refractivity contribution in [3.8, 4) is 35.3 Å². The summed E-state index contributed by atoms with van der Waals surface area (Å²) in [6.45, 7) is 17.3. The average Bonchev–Trinajstić information content (AvgIpc) is 1.64. The molecule has 11 aromatic rings. The molecule has 0 saturated carbocycles. The third kappa shape index (κ3) is 21.6. The molecule has 10 heterocycles. The zero-order chi connectivity index (χ0) is 77.0. The van der Waals surface area contributed by atoms with Crippen LogP contribution >= 0.6 is 44.3 Å². The third-order valence-corrected chi connectivity index (χ3v) is 16.3. The Morgan fingerprint density at radius 1 is 0.565 bits per heavy atom. The van der Waals surface area contributed by atoms with Gasteiger partial charge in [-0.05, 0) is 157 Å². The van der Waals surface area contributed by atoms with Crippen molar-refractivity contribution >= 4 is 136 Å². The number of aryl methyl sites for hydroxylation is 3. The number of halogens is 4. The molecule has 37 heteroatoms. The van der Waals surface area contributed by atoms with Crippen LogP contribution in [0.2, 0.25) is 0 Å². The quantitative estimate of drug-likeness (QED) is 0.0431. The van der Waals surface area contributed by atoms with Gasteiger partial charge in [0.15, 0.2) is 29.0 Å². The van der Waals surface area contributed by atoms with E-state index in [-0.39, 0.29) is 121 Å². The summed E-state index contributed by atoms with van der Waals surface area (Å²) in [7, 11) is 0. The van der Waals surface area contributed by atoms with Crippen molar-refractivity contribution in [2.45, 2.75) is 126 Å². The van der Waals surface area contributed by atoms with Gasteiger partial charge in [-0.15, -0.1) is 12.4 Å². The topological polar surface area (TPSA) is 415 Å². The van der Waals surface area contributed by atoms with Crippen LogP contribution in [0.5, 0.6) is 35.3 Å². The lowest BCUT2D eigenvalue weighted by Gasteiger charge is -2.24. The maximum Gasteiger partial charge on any atom is 0.328 e. The Morgan fingerprint density at radius 2 is 0.954 bits per heavy atom. The molecular weight excluding hydrogens is 1560 g/mol. The molecule has 0 unspecified atom stereocenters. The molecule has 3 aromatic carbocycles. The summed E-state index contributed by atoms with van der Waals surface area (Å²) in [5.74, 6) is -0.993. The standard InChI is InChI=1S/C26H25BrN8O4.C20H22N4O4.C16H14N4O4.C9H10BrFN4O.ClH/c1-14-6-20(25(38)32-22-11-28-10-21(27)31-22)34(12-14)23(37)13-35-19-5-4-17(7-18(19)24(33-35)16(3)36)39-26-29-8-15(2)9-30-26;1-12-9-21-19(22-10-12)27-14-6-7-16-15(8-14)18(13(2)25)23-24(16)11-17(26)28-20(3,4)5;1-9-6-17-16(18-7-9)24-11-3-4-13-12(5-11)15(10(2)21)19-20(13)8-14(22)23;10-7-3-12-4-8(14-7)15-9(16)6-1-5(11)2-13-6;/h4-5,7-11,14,20H,6,12-13H2,1-3H3,(H,31,32,38);6-10H,11H2,1-5H3;3-7H,8H2,1-2H3,(H,22,23);3-6,13H,1-2H2,(H,14,15,16);1H/t14-,20+;;;5-,6+;/m1..1./s1. The second kappa shape index (κ2) is 35.6. The van der Waals surface area contributed by atoms with E-state index in [1.165, 1.54) is 59.6 Å². The molecule has 0 spiro atoms. The van der Waals surface area contributed by atoms with E-state index >= 15 is 0 Å². The van der Waals surface area contributed by atoms with Gasteiger partial charge in [0.25, 0.3) is 0 Å². The van der Waals surface area contributed by atoms with E-state index in [2.05, 4.69) is 113 Å². The highest BCUT2D eigenvalue weighted by atomic mass is 79.9. The van der Waals surface area contributed by atoms with Gasteiger partial charge in [0.1, 0.15) is 81.0 Å². The number of carbonyl (C=O) groups excluding carboxylic acids is 7. The number of aromatic nitrogens is 16. The Morgan fingerprint density at radius 3 is 1.31 bits per heavy atom. The van der Waals surface area contributed by atoms with Gasteiger partial charge in [-0.3, -0.25) is 62.4 Å². The van der Waals surface area contributed by atoms with E-state index in [9.17, 15) is 42.7 Å². The summed E-state index contributed by atoms with van der Waals surface area (Å²) < 4.78 is 40.5. The first-order valence-electron chi connectivity index (χ1n) is 33.0. The van der Waals surface area contributed by atoms with E-state index in [0.717, 1.165) is 16.7 Å². The highest BCUT2D eigenvalue weighted by molar-refractivity contribution is 9.10. The molecule has 4 atom stereocenters. The lowest BCUT2D eigenvalue weighted by atomic mass is 10.1. The smallest absolute Gasteiger partial charge is 0.328 e. The number of aliphatic carboxylic acids is 1. The van der Waals surface area contributed by atoms with Crippen LogP contribution in [0.15, 0.2) is 126 Å². The maximum atomic E-state index is 13.5. The molecule has 562 valence electrons. The number of nitrogens with zero attached hydrogens (tertiary/aromatic N) is 17. The number of carboxylic acid groups (broad SMARTS) is 1. The van der Waals surface area contributed by atoms with Gasteiger partial charge in [0.05, 0.1) is 47.4 Å². The first kappa shape index (κ1) is 80.5. The molecule has 2 aliphatic heterocycles. The van der Waals surface area contributed by atoms with Crippen molar-refractivity contribution in [3.63, 3.8) is 0 Å². The molecular formula is C71H72Br2ClFN20O13. The third-order valence-electron chi connectivity index (χ3n) is 15.6. The number of amides is 3. The molecule has 8 aromatic heterocycles. The van der Waals surface area contributed by atoms with Crippen molar-refractivity contribution in [1.82, 2.24) is 89.4 Å². The molecule has 108 heavy (non-hydrogen) atoms. The van der Waals surface area contributed by atoms with Gasteiger partial charge in [-0.25, -0.2) is 44.3 Å². The van der Waals surface area contributed by atoms with E-state index in [0.29, 0.717) is 83.8 Å². The number of carbonyl (C=O) groups is 8. The van der Waals surface area contributed by atoms with Crippen LogP contribution in [0.3, 0.4) is 0 Å². The van der Waals surface area contributed by atoms with Crippen molar-refractivity contribution < 1.29 is 66.8 Å². The molecule has 13 rings (SSSR count). The predicted molar refractivity (Wildman–Crippen MR) is 398 cm³/mol. The normalized spacial score (nSPS) is 15.1. The number of rotatable bonds is 19. The number of anilines is 2. The molecule has 2 fully saturated rings. The second-order valence-corrected chi connectivity index (χ2v) is 27.4. The minimum absolute atomic E-state index is 0. The minimum Gasteiger partial charge on any atom is -0.480 e. The zero-order valence-corrected chi connectivity index (χ0v) is 63.7. The molecule has 0 bridgehead atoms. The number of ketones is 3. The van der Waals surface area contributed by atoms with Gasteiger partial charge in [-0.2, -0.15) is 15.3 Å². The summed E-state index contributed by atoms with van der Waals surface area (Å²) in [5, 5.41) is 31.5. The number of hydrogen-bond donors (Lipinski definition) is 4. The van der Waals surface area contributed by atoms with Crippen molar-refractivity contribution in [1.29, 1.82) is 0 Å². The second-order valence-electron chi connectivity index (χ2n) is 25.8. The number of hydrogen-bond acceptors (Lipinski definition) is 26. The van der Waals surface area contributed by atoms with Crippen LogP contribution in [0.25, 0.3) is 32.7 Å². The molecule has 0 radical (unpaired) electrons. The summed E-state index contributed by atoms with van der Waals surface area (Å²) in [6, 6.07) is 14.6. The lowest BCUT2D eigenvalue weighted by molar-refractivity contribution is -0.155. The number of fused-ring (bicyclic) bond motifs is 3. The van der Waals surface area contributed by atoms with Gasteiger partial charge in [0.2, 0.25) is 17.7 Å². The van der Waals surface area contributed by atoms with Crippen LogP contribution in [-0.2, 0) is 48.3 Å². The summed E-state index contributed by atoms with van der Waals surface area (Å²) in [6.07, 6.45) is 15.5. The van der Waals surface area contributed by atoms with E-state index < -0.39 is 35.8 Å². The number of Topliss-reactive ketones (excluding diaryl/α,β-unsaturated/α-hetero) is 3. The van der Waals surface area contributed by atoms with E-state index in [1.54, 1.807) is 117 Å². The Kier molecular flexibility index (Phi) is 26.6. The number of carboxylic acids is 1. The summed E-state index contributed by atoms with van der Waals surface area (Å²) in [5.41, 5.74) is 4.56. The Balaban J connectivity index is 0.000000173. The minimum atomic E-state index is -1.04. The molecule has 0 aliphatic carbocycles. The van der Waals surface area contributed by atoms with Gasteiger partial charge in [0, 0.05) is 93.6 Å². The zero-order valence-electron chi connectivity index (χ0n) is 59.7. The summed E-state index contributed by atoms with van der Waals surface area (Å²) in [4.78, 5) is 140. The van der Waals surface area contributed by atoms with Crippen molar-refractivity contribution in [3.05, 3.63) is 160 Å². The number of alkyl halides is 1. The van der Waals surface area contributed by atoms with E-state index in [1.807, 2.05) is 27.7 Å². The van der Waals surface area contributed by atoms with Crippen LogP contribution < -0.4 is 30.2 Å². The maximum absolute atomic E-state index is 13.5. The number of ether oxygens (including phenoxy) is 4. The molecule has 2 saturated heterocycles. The summed E-state index contributed by atoms with van der Waals surface area (Å²) >= 11 is 6.38. The van der Waals surface area contributed by atoms with Gasteiger partial charge in [-0.1, -0.05) is 6.92 Å². The van der Waals surface area contributed by atoms with Gasteiger partial charge < -0.3 is 44.9 Å². The van der Waals surface area contributed by atoms with E-state index in [4.69, 9.17) is 24.1 Å². The predicted octanol–water partition coefficient (Wildman–Crippen LogP) is 10.5. The van der Waals surface area contributed by atoms with Crippen molar-refractivity contribution in [2.75, 3.05) is 23.7 Å². The van der Waals surface area contributed by atoms with Crippen LogP contribution in [0, 0.1) is 26.7 Å².